The predicted molar refractivity (Wildman–Crippen MR) is 108 cm³/mol. The van der Waals surface area contributed by atoms with Gasteiger partial charge in [0.05, 0.1) is 18.5 Å². The topological polar surface area (TPSA) is 123 Å². The van der Waals surface area contributed by atoms with Gasteiger partial charge in [0.1, 0.15) is 18.0 Å². The summed E-state index contributed by atoms with van der Waals surface area (Å²) in [4.78, 5) is 40.8. The molecule has 2 aromatic rings. The summed E-state index contributed by atoms with van der Waals surface area (Å²) in [6.45, 7) is 6.28. The van der Waals surface area contributed by atoms with Gasteiger partial charge in [0, 0.05) is 17.8 Å². The fraction of sp³-hybridized carbons (Fsp3) is 0.350. The largest absolute Gasteiger partial charge is 0.453 e. The van der Waals surface area contributed by atoms with Crippen LogP contribution >= 0.6 is 0 Å². The minimum Gasteiger partial charge on any atom is -0.453 e. The summed E-state index contributed by atoms with van der Waals surface area (Å²) in [6.07, 6.45) is 0.369. The maximum absolute atomic E-state index is 12.6. The van der Waals surface area contributed by atoms with Crippen molar-refractivity contribution in [1.82, 2.24) is 9.55 Å². The number of anilines is 1. The number of benzene rings is 1. The molecule has 9 heteroatoms. The molecule has 9 nitrogen and oxygen atoms in total. The number of ether oxygens (including phenoxy) is 2. The average Bonchev–Trinajstić information content (AvgIpc) is 2.64. The smallest absolute Gasteiger partial charge is 0.411 e. The first-order valence-corrected chi connectivity index (χ1v) is 8.84. The SMILES string of the molecule is COC(=O)Nc1cc(C)ccc1-c1cc(=O)n(CC(=O)OC(C)(C)C=N)c(C)n1. The van der Waals surface area contributed by atoms with E-state index < -0.39 is 23.2 Å². The van der Waals surface area contributed by atoms with Gasteiger partial charge in [-0.2, -0.15) is 0 Å². The fourth-order valence-corrected chi connectivity index (χ4v) is 2.58. The molecule has 0 aliphatic heterocycles. The number of hydrogen-bond donors (Lipinski definition) is 2. The average molecular weight is 400 g/mol. The lowest BCUT2D eigenvalue weighted by Crippen LogP contribution is -2.34. The molecular formula is C20H24N4O5. The molecule has 1 amide bonds. The summed E-state index contributed by atoms with van der Waals surface area (Å²) in [7, 11) is 1.26. The number of aromatic nitrogens is 2. The highest BCUT2D eigenvalue weighted by Crippen LogP contribution is 2.27. The van der Waals surface area contributed by atoms with E-state index in [1.54, 1.807) is 32.9 Å². The zero-order chi connectivity index (χ0) is 21.8. The third kappa shape index (κ3) is 5.50. The van der Waals surface area contributed by atoms with Crippen molar-refractivity contribution in [2.45, 2.75) is 39.8 Å². The molecular weight excluding hydrogens is 376 g/mol. The molecule has 0 unspecified atom stereocenters. The van der Waals surface area contributed by atoms with Crippen LogP contribution in [0.25, 0.3) is 11.3 Å². The first-order chi connectivity index (χ1) is 13.6. The van der Waals surface area contributed by atoms with Crippen molar-refractivity contribution in [3.63, 3.8) is 0 Å². The highest BCUT2D eigenvalue weighted by atomic mass is 16.6. The summed E-state index contributed by atoms with van der Waals surface area (Å²) in [5.74, 6) is -0.344. The Morgan fingerprint density at radius 2 is 1.97 bits per heavy atom. The molecule has 0 atom stereocenters. The van der Waals surface area contributed by atoms with Gasteiger partial charge in [-0.3, -0.25) is 19.5 Å². The van der Waals surface area contributed by atoms with Crippen LogP contribution < -0.4 is 10.9 Å². The molecule has 2 rings (SSSR count). The molecule has 0 aliphatic rings. The van der Waals surface area contributed by atoms with E-state index >= 15 is 0 Å². The normalized spacial score (nSPS) is 10.9. The molecule has 0 spiro atoms. The quantitative estimate of drug-likeness (QED) is 0.568. The van der Waals surface area contributed by atoms with E-state index in [1.165, 1.54) is 17.7 Å². The van der Waals surface area contributed by atoms with Gasteiger partial charge in [0.15, 0.2) is 0 Å². The second-order valence-electron chi connectivity index (χ2n) is 7.00. The Bertz CT molecular complexity index is 1010. The van der Waals surface area contributed by atoms with Gasteiger partial charge in [-0.25, -0.2) is 9.78 Å². The van der Waals surface area contributed by atoms with E-state index in [9.17, 15) is 14.4 Å². The fourth-order valence-electron chi connectivity index (χ4n) is 2.58. The van der Waals surface area contributed by atoms with Gasteiger partial charge >= 0.3 is 12.1 Å². The van der Waals surface area contributed by atoms with Crippen molar-refractivity contribution in [3.8, 4) is 11.3 Å². The standard InChI is InChI=1S/C20H24N4O5/c1-12-6-7-14(15(8-12)23-19(27)28-5)16-9-17(25)24(13(2)22-16)10-18(26)29-20(3,4)11-21/h6-9,11,21H,10H2,1-5H3,(H,23,27). The zero-order valence-electron chi connectivity index (χ0n) is 17.0. The van der Waals surface area contributed by atoms with E-state index in [2.05, 4.69) is 15.0 Å². The third-order valence-electron chi connectivity index (χ3n) is 4.08. The van der Waals surface area contributed by atoms with Crippen LogP contribution in [0.3, 0.4) is 0 Å². The minimum absolute atomic E-state index is 0.307. The van der Waals surface area contributed by atoms with Gasteiger partial charge in [0.2, 0.25) is 0 Å². The molecule has 1 heterocycles. The summed E-state index contributed by atoms with van der Waals surface area (Å²) < 4.78 is 11.0. The first kappa shape index (κ1) is 21.8. The Balaban J connectivity index is 2.39. The van der Waals surface area contributed by atoms with E-state index in [-0.39, 0.29) is 6.54 Å². The Labute approximate surface area is 168 Å². The van der Waals surface area contributed by atoms with Crippen LogP contribution in [-0.2, 0) is 20.8 Å². The number of esters is 1. The lowest BCUT2D eigenvalue weighted by Gasteiger charge is -2.20. The number of nitrogens with zero attached hydrogens (tertiary/aromatic N) is 2. The van der Waals surface area contributed by atoms with Gasteiger partial charge < -0.3 is 14.9 Å². The summed E-state index contributed by atoms with van der Waals surface area (Å²) in [5, 5.41) is 9.87. The first-order valence-electron chi connectivity index (χ1n) is 8.84. The van der Waals surface area contributed by atoms with E-state index in [0.717, 1.165) is 11.8 Å². The number of nitrogens with one attached hydrogen (secondary N) is 2. The van der Waals surface area contributed by atoms with Gasteiger partial charge in [-0.1, -0.05) is 12.1 Å². The van der Waals surface area contributed by atoms with Crippen molar-refractivity contribution < 1.29 is 19.1 Å². The molecule has 2 N–H and O–H groups in total. The lowest BCUT2D eigenvalue weighted by atomic mass is 10.1. The van der Waals surface area contributed by atoms with E-state index in [1.807, 2.05) is 13.0 Å². The molecule has 0 saturated carbocycles. The Morgan fingerprint density at radius 3 is 2.55 bits per heavy atom. The Hall–Kier alpha value is -3.49. The zero-order valence-corrected chi connectivity index (χ0v) is 17.0. The molecule has 0 radical (unpaired) electrons. The van der Waals surface area contributed by atoms with Crippen molar-refractivity contribution in [2.24, 2.45) is 0 Å². The second-order valence-corrected chi connectivity index (χ2v) is 7.00. The Kier molecular flexibility index (Phi) is 6.53. The van der Waals surface area contributed by atoms with Crippen molar-refractivity contribution >= 4 is 24.0 Å². The number of amides is 1. The summed E-state index contributed by atoms with van der Waals surface area (Å²) in [5.41, 5.74) is 0.749. The number of hydrogen-bond acceptors (Lipinski definition) is 7. The van der Waals surface area contributed by atoms with Crippen molar-refractivity contribution in [1.29, 1.82) is 5.41 Å². The Morgan fingerprint density at radius 1 is 1.28 bits per heavy atom. The molecule has 154 valence electrons. The van der Waals surface area contributed by atoms with Crippen LogP contribution in [0.2, 0.25) is 0 Å². The van der Waals surface area contributed by atoms with Crippen LogP contribution in [0.1, 0.15) is 25.2 Å². The molecule has 1 aromatic heterocycles. The molecule has 0 saturated heterocycles. The van der Waals surface area contributed by atoms with Crippen LogP contribution in [0.5, 0.6) is 0 Å². The minimum atomic E-state index is -1.06. The number of methoxy groups -OCH3 is 1. The number of carbonyl (C=O) groups excluding carboxylic acids is 2. The highest BCUT2D eigenvalue weighted by molar-refractivity contribution is 5.91. The monoisotopic (exact) mass is 400 g/mol. The van der Waals surface area contributed by atoms with Crippen LogP contribution in [0.15, 0.2) is 29.1 Å². The molecule has 0 aliphatic carbocycles. The van der Waals surface area contributed by atoms with Crippen molar-refractivity contribution in [2.75, 3.05) is 12.4 Å². The van der Waals surface area contributed by atoms with Crippen molar-refractivity contribution in [3.05, 3.63) is 46.0 Å². The second kappa shape index (κ2) is 8.68. The summed E-state index contributed by atoms with van der Waals surface area (Å²) in [6, 6.07) is 6.60. The number of carbonyl (C=O) groups is 2. The maximum atomic E-state index is 12.6. The van der Waals surface area contributed by atoms with Gasteiger partial charge in [-0.05, 0) is 39.3 Å². The van der Waals surface area contributed by atoms with E-state index in [0.29, 0.717) is 22.8 Å². The number of aryl methyl sites for hydroxylation is 2. The molecule has 29 heavy (non-hydrogen) atoms. The number of rotatable bonds is 6. The lowest BCUT2D eigenvalue weighted by molar-refractivity contribution is -0.151. The summed E-state index contributed by atoms with van der Waals surface area (Å²) >= 11 is 0. The molecule has 0 fully saturated rings. The van der Waals surface area contributed by atoms with E-state index in [4.69, 9.17) is 10.1 Å². The maximum Gasteiger partial charge on any atom is 0.411 e. The highest BCUT2D eigenvalue weighted by Gasteiger charge is 2.21. The van der Waals surface area contributed by atoms with Crippen LogP contribution in [-0.4, -0.2) is 40.5 Å². The van der Waals surface area contributed by atoms with Crippen LogP contribution in [0.4, 0.5) is 10.5 Å². The molecule has 1 aromatic carbocycles. The molecule has 0 bridgehead atoms. The third-order valence-corrected chi connectivity index (χ3v) is 4.08. The van der Waals surface area contributed by atoms with Crippen LogP contribution in [0, 0.1) is 19.3 Å². The van der Waals surface area contributed by atoms with Gasteiger partial charge in [0.25, 0.3) is 5.56 Å². The van der Waals surface area contributed by atoms with Gasteiger partial charge in [-0.15, -0.1) is 0 Å². The predicted octanol–water partition coefficient (Wildman–Crippen LogP) is 2.68.